The van der Waals surface area contributed by atoms with Crippen molar-refractivity contribution >= 4 is 5.65 Å². The van der Waals surface area contributed by atoms with E-state index in [-0.39, 0.29) is 5.69 Å². The van der Waals surface area contributed by atoms with Crippen LogP contribution in [0.3, 0.4) is 0 Å². The van der Waals surface area contributed by atoms with Crippen LogP contribution in [-0.2, 0) is 11.3 Å². The Kier molecular flexibility index (Phi) is 3.12. The van der Waals surface area contributed by atoms with Crippen molar-refractivity contribution in [3.63, 3.8) is 0 Å². The van der Waals surface area contributed by atoms with E-state index in [1.165, 1.54) is 4.68 Å². The molecule has 2 aromatic heterocycles. The Hall–Kier alpha value is -1.66. The maximum Gasteiger partial charge on any atom is 0.350 e. The molecule has 6 nitrogen and oxygen atoms in total. The summed E-state index contributed by atoms with van der Waals surface area (Å²) in [5.41, 5.74) is 0.628. The minimum Gasteiger partial charge on any atom is -0.379 e. The van der Waals surface area contributed by atoms with Gasteiger partial charge in [0.1, 0.15) is 0 Å². The Morgan fingerprint density at radius 2 is 2.06 bits per heavy atom. The molecule has 2 aromatic rings. The molecule has 0 unspecified atom stereocenters. The lowest BCUT2D eigenvalue weighted by atomic mass is 10.4. The van der Waals surface area contributed by atoms with Crippen LogP contribution >= 0.6 is 0 Å². The minimum atomic E-state index is -0.0705. The number of hydrogen-bond donors (Lipinski definition) is 0. The molecule has 0 atom stereocenters. The summed E-state index contributed by atoms with van der Waals surface area (Å²) in [6.07, 6.45) is 1.75. The van der Waals surface area contributed by atoms with Crippen molar-refractivity contribution in [3.8, 4) is 0 Å². The molecule has 1 aliphatic heterocycles. The van der Waals surface area contributed by atoms with Crippen LogP contribution in [0.25, 0.3) is 5.65 Å². The third kappa shape index (κ3) is 2.16. The Labute approximate surface area is 104 Å². The van der Waals surface area contributed by atoms with Gasteiger partial charge in [-0.05, 0) is 12.1 Å². The van der Waals surface area contributed by atoms with Gasteiger partial charge in [-0.25, -0.2) is 9.48 Å². The SMILES string of the molecule is O=c1n(CCN2CCOCC2)nc2ccccn12. The second-order valence-corrected chi connectivity index (χ2v) is 4.39. The Morgan fingerprint density at radius 1 is 1.22 bits per heavy atom. The summed E-state index contributed by atoms with van der Waals surface area (Å²) in [6.45, 7) is 4.89. The maximum atomic E-state index is 12.0. The van der Waals surface area contributed by atoms with E-state index in [0.29, 0.717) is 12.2 Å². The molecule has 6 heteroatoms. The molecule has 3 heterocycles. The van der Waals surface area contributed by atoms with E-state index in [1.54, 1.807) is 10.6 Å². The number of ether oxygens (including phenoxy) is 1. The molecule has 0 N–H and O–H groups in total. The highest BCUT2D eigenvalue weighted by Crippen LogP contribution is 1.98. The predicted octanol–water partition coefficient (Wildman–Crippen LogP) is -0.172. The molecule has 0 radical (unpaired) electrons. The normalized spacial score (nSPS) is 17.3. The van der Waals surface area contributed by atoms with Gasteiger partial charge in [0.2, 0.25) is 0 Å². The van der Waals surface area contributed by atoms with Crippen molar-refractivity contribution in [3.05, 3.63) is 34.9 Å². The largest absolute Gasteiger partial charge is 0.379 e. The van der Waals surface area contributed by atoms with E-state index < -0.39 is 0 Å². The van der Waals surface area contributed by atoms with Crippen LogP contribution in [0.5, 0.6) is 0 Å². The van der Waals surface area contributed by atoms with E-state index in [2.05, 4.69) is 10.00 Å². The highest BCUT2D eigenvalue weighted by Gasteiger charge is 2.11. The molecule has 0 spiro atoms. The van der Waals surface area contributed by atoms with Crippen molar-refractivity contribution < 1.29 is 4.74 Å². The Bertz CT molecular complexity index is 583. The van der Waals surface area contributed by atoms with Gasteiger partial charge in [-0.15, -0.1) is 5.10 Å². The molecule has 96 valence electrons. The molecule has 0 aliphatic carbocycles. The topological polar surface area (TPSA) is 51.8 Å². The molecule has 0 amide bonds. The van der Waals surface area contributed by atoms with Gasteiger partial charge in [-0.3, -0.25) is 9.30 Å². The first-order valence-electron chi connectivity index (χ1n) is 6.19. The standard InChI is InChI=1S/C12H16N4O2/c17-12-15-4-2-1-3-11(15)13-16(12)6-5-14-7-9-18-10-8-14/h1-4H,5-10H2. The first-order chi connectivity index (χ1) is 8.84. The summed E-state index contributed by atoms with van der Waals surface area (Å²) in [4.78, 5) is 14.3. The van der Waals surface area contributed by atoms with Crippen LogP contribution < -0.4 is 5.69 Å². The van der Waals surface area contributed by atoms with Crippen molar-refractivity contribution in [2.24, 2.45) is 0 Å². The van der Waals surface area contributed by atoms with E-state index in [9.17, 15) is 4.79 Å². The summed E-state index contributed by atoms with van der Waals surface area (Å²) in [7, 11) is 0. The number of pyridine rings is 1. The summed E-state index contributed by atoms with van der Waals surface area (Å²) in [5.74, 6) is 0. The number of morpholine rings is 1. The molecule has 0 aromatic carbocycles. The smallest absolute Gasteiger partial charge is 0.350 e. The number of nitrogens with zero attached hydrogens (tertiary/aromatic N) is 4. The predicted molar refractivity (Wildman–Crippen MR) is 66.7 cm³/mol. The van der Waals surface area contributed by atoms with Gasteiger partial charge in [0, 0.05) is 25.8 Å². The Morgan fingerprint density at radius 3 is 2.83 bits per heavy atom. The zero-order valence-corrected chi connectivity index (χ0v) is 10.2. The first kappa shape index (κ1) is 11.4. The van der Waals surface area contributed by atoms with Crippen LogP contribution in [0.15, 0.2) is 29.2 Å². The molecular weight excluding hydrogens is 232 g/mol. The monoisotopic (exact) mass is 248 g/mol. The summed E-state index contributed by atoms with van der Waals surface area (Å²) in [5, 5.41) is 4.31. The molecular formula is C12H16N4O2. The lowest BCUT2D eigenvalue weighted by Crippen LogP contribution is -2.39. The van der Waals surface area contributed by atoms with Gasteiger partial charge >= 0.3 is 5.69 Å². The van der Waals surface area contributed by atoms with E-state index in [1.807, 2.05) is 18.2 Å². The quantitative estimate of drug-likeness (QED) is 0.756. The second kappa shape index (κ2) is 4.91. The van der Waals surface area contributed by atoms with Crippen LogP contribution in [0.4, 0.5) is 0 Å². The lowest BCUT2D eigenvalue weighted by molar-refractivity contribution is 0.0358. The fourth-order valence-electron chi connectivity index (χ4n) is 2.17. The highest BCUT2D eigenvalue weighted by molar-refractivity contribution is 5.35. The zero-order chi connectivity index (χ0) is 12.4. The van der Waals surface area contributed by atoms with Gasteiger partial charge in [-0.2, -0.15) is 0 Å². The molecule has 1 aliphatic rings. The molecule has 18 heavy (non-hydrogen) atoms. The van der Waals surface area contributed by atoms with Crippen molar-refractivity contribution in [2.75, 3.05) is 32.8 Å². The second-order valence-electron chi connectivity index (χ2n) is 4.39. The fourth-order valence-corrected chi connectivity index (χ4v) is 2.17. The number of fused-ring (bicyclic) bond motifs is 1. The molecule has 0 bridgehead atoms. The molecule has 3 rings (SSSR count). The Balaban J connectivity index is 1.74. The molecule has 0 saturated carbocycles. The first-order valence-corrected chi connectivity index (χ1v) is 6.19. The number of aromatic nitrogens is 3. The third-order valence-corrected chi connectivity index (χ3v) is 3.22. The molecule has 1 fully saturated rings. The van der Waals surface area contributed by atoms with Crippen LogP contribution in [0, 0.1) is 0 Å². The van der Waals surface area contributed by atoms with Gasteiger partial charge in [0.15, 0.2) is 5.65 Å². The van der Waals surface area contributed by atoms with Gasteiger partial charge in [-0.1, -0.05) is 6.07 Å². The van der Waals surface area contributed by atoms with E-state index >= 15 is 0 Å². The zero-order valence-electron chi connectivity index (χ0n) is 10.2. The number of hydrogen-bond acceptors (Lipinski definition) is 4. The average molecular weight is 248 g/mol. The van der Waals surface area contributed by atoms with E-state index in [0.717, 1.165) is 32.8 Å². The van der Waals surface area contributed by atoms with E-state index in [4.69, 9.17) is 4.74 Å². The third-order valence-electron chi connectivity index (χ3n) is 3.22. The maximum absolute atomic E-state index is 12.0. The van der Waals surface area contributed by atoms with Crippen LogP contribution in [-0.4, -0.2) is 51.9 Å². The van der Waals surface area contributed by atoms with Crippen LogP contribution in [0.1, 0.15) is 0 Å². The van der Waals surface area contributed by atoms with Gasteiger partial charge in [0.25, 0.3) is 0 Å². The highest BCUT2D eigenvalue weighted by atomic mass is 16.5. The fraction of sp³-hybridized carbons (Fsp3) is 0.500. The van der Waals surface area contributed by atoms with Gasteiger partial charge < -0.3 is 4.74 Å². The van der Waals surface area contributed by atoms with Crippen molar-refractivity contribution in [1.29, 1.82) is 0 Å². The average Bonchev–Trinajstić information content (AvgIpc) is 2.75. The summed E-state index contributed by atoms with van der Waals surface area (Å²) >= 11 is 0. The van der Waals surface area contributed by atoms with Gasteiger partial charge in [0.05, 0.1) is 19.8 Å². The lowest BCUT2D eigenvalue weighted by Gasteiger charge is -2.26. The molecule has 1 saturated heterocycles. The minimum absolute atomic E-state index is 0.0705. The number of rotatable bonds is 3. The summed E-state index contributed by atoms with van der Waals surface area (Å²) in [6, 6.07) is 5.56. The van der Waals surface area contributed by atoms with Crippen molar-refractivity contribution in [1.82, 2.24) is 19.1 Å². The summed E-state index contributed by atoms with van der Waals surface area (Å²) < 4.78 is 8.39. The van der Waals surface area contributed by atoms with Crippen molar-refractivity contribution in [2.45, 2.75) is 6.54 Å². The van der Waals surface area contributed by atoms with Crippen LogP contribution in [0.2, 0.25) is 0 Å².